The molecule has 1 N–H and O–H groups in total. The SMILES string of the molecule is CC(C)Cc1ccc(C(O)C2=CCCCC2)cc1. The molecule has 0 amide bonds. The van der Waals surface area contributed by atoms with E-state index in [4.69, 9.17) is 0 Å². The van der Waals surface area contributed by atoms with E-state index in [0.29, 0.717) is 5.92 Å². The lowest BCUT2D eigenvalue weighted by atomic mass is 9.91. The van der Waals surface area contributed by atoms with Crippen LogP contribution >= 0.6 is 0 Å². The molecule has 1 nitrogen and oxygen atoms in total. The van der Waals surface area contributed by atoms with Crippen molar-refractivity contribution in [1.82, 2.24) is 0 Å². The van der Waals surface area contributed by atoms with Gasteiger partial charge in [-0.05, 0) is 54.7 Å². The first-order valence-corrected chi connectivity index (χ1v) is 7.12. The summed E-state index contributed by atoms with van der Waals surface area (Å²) in [6.07, 6.45) is 7.60. The molecule has 1 atom stereocenters. The van der Waals surface area contributed by atoms with Gasteiger partial charge in [-0.1, -0.05) is 44.2 Å². The Morgan fingerprint density at radius 2 is 1.83 bits per heavy atom. The molecular weight excluding hydrogens is 220 g/mol. The van der Waals surface area contributed by atoms with Gasteiger partial charge in [-0.15, -0.1) is 0 Å². The van der Waals surface area contributed by atoms with Crippen molar-refractivity contribution in [3.8, 4) is 0 Å². The summed E-state index contributed by atoms with van der Waals surface area (Å²) in [7, 11) is 0. The van der Waals surface area contributed by atoms with E-state index >= 15 is 0 Å². The average molecular weight is 244 g/mol. The van der Waals surface area contributed by atoms with Gasteiger partial charge in [0, 0.05) is 0 Å². The fraction of sp³-hybridized carbons (Fsp3) is 0.529. The topological polar surface area (TPSA) is 20.2 Å². The number of benzene rings is 1. The maximum atomic E-state index is 10.3. The molecule has 0 saturated heterocycles. The quantitative estimate of drug-likeness (QED) is 0.777. The molecule has 1 aromatic carbocycles. The normalized spacial score (nSPS) is 17.7. The van der Waals surface area contributed by atoms with Crippen LogP contribution in [0, 0.1) is 5.92 Å². The molecule has 1 aromatic rings. The highest BCUT2D eigenvalue weighted by Gasteiger charge is 2.15. The summed E-state index contributed by atoms with van der Waals surface area (Å²) in [5.41, 5.74) is 3.60. The Morgan fingerprint density at radius 3 is 2.39 bits per heavy atom. The summed E-state index contributed by atoms with van der Waals surface area (Å²) < 4.78 is 0. The zero-order chi connectivity index (χ0) is 13.0. The summed E-state index contributed by atoms with van der Waals surface area (Å²) in [5.74, 6) is 0.682. The minimum absolute atomic E-state index is 0.390. The van der Waals surface area contributed by atoms with E-state index in [2.05, 4.69) is 44.2 Å². The van der Waals surface area contributed by atoms with Gasteiger partial charge in [0.15, 0.2) is 0 Å². The molecule has 1 unspecified atom stereocenters. The molecule has 1 heteroatoms. The second kappa shape index (κ2) is 6.19. The van der Waals surface area contributed by atoms with Crippen LogP contribution in [0.5, 0.6) is 0 Å². The van der Waals surface area contributed by atoms with E-state index in [1.807, 2.05) is 0 Å². The van der Waals surface area contributed by atoms with E-state index < -0.39 is 6.10 Å². The monoisotopic (exact) mass is 244 g/mol. The van der Waals surface area contributed by atoms with Gasteiger partial charge in [0.2, 0.25) is 0 Å². The van der Waals surface area contributed by atoms with Gasteiger partial charge in [0.05, 0.1) is 0 Å². The first-order chi connectivity index (χ1) is 8.66. The highest BCUT2D eigenvalue weighted by atomic mass is 16.3. The van der Waals surface area contributed by atoms with Gasteiger partial charge in [-0.25, -0.2) is 0 Å². The first-order valence-electron chi connectivity index (χ1n) is 7.12. The number of hydrogen-bond acceptors (Lipinski definition) is 1. The van der Waals surface area contributed by atoms with Crippen LogP contribution in [-0.4, -0.2) is 5.11 Å². The van der Waals surface area contributed by atoms with Crippen molar-refractivity contribution in [3.05, 3.63) is 47.0 Å². The zero-order valence-electron chi connectivity index (χ0n) is 11.5. The Bertz CT molecular complexity index is 400. The van der Waals surface area contributed by atoms with Crippen molar-refractivity contribution in [1.29, 1.82) is 0 Å². The lowest BCUT2D eigenvalue weighted by Crippen LogP contribution is -2.05. The molecule has 0 saturated carbocycles. The summed E-state index contributed by atoms with van der Waals surface area (Å²) in [4.78, 5) is 0. The third kappa shape index (κ3) is 3.46. The molecule has 1 aliphatic carbocycles. The van der Waals surface area contributed by atoms with Crippen molar-refractivity contribution in [2.75, 3.05) is 0 Å². The average Bonchev–Trinajstić information content (AvgIpc) is 2.39. The number of allylic oxidation sites excluding steroid dienone is 1. The maximum absolute atomic E-state index is 10.3. The van der Waals surface area contributed by atoms with E-state index in [1.165, 1.54) is 24.0 Å². The number of aliphatic hydroxyl groups excluding tert-OH is 1. The minimum Gasteiger partial charge on any atom is -0.384 e. The molecule has 0 radical (unpaired) electrons. The Labute approximate surface area is 111 Å². The molecule has 0 heterocycles. The summed E-state index contributed by atoms with van der Waals surface area (Å²) in [6.45, 7) is 4.46. The van der Waals surface area contributed by atoms with Crippen LogP contribution in [-0.2, 0) is 6.42 Å². The van der Waals surface area contributed by atoms with E-state index in [9.17, 15) is 5.11 Å². The van der Waals surface area contributed by atoms with Crippen molar-refractivity contribution in [2.24, 2.45) is 5.92 Å². The van der Waals surface area contributed by atoms with Gasteiger partial charge < -0.3 is 5.11 Å². The summed E-state index contributed by atoms with van der Waals surface area (Å²) >= 11 is 0. The van der Waals surface area contributed by atoms with Crippen molar-refractivity contribution in [3.63, 3.8) is 0 Å². The molecule has 18 heavy (non-hydrogen) atoms. The fourth-order valence-electron chi connectivity index (χ4n) is 2.63. The highest BCUT2D eigenvalue weighted by Crippen LogP contribution is 2.29. The molecule has 0 aliphatic heterocycles. The van der Waals surface area contributed by atoms with Gasteiger partial charge in [-0.3, -0.25) is 0 Å². The van der Waals surface area contributed by atoms with E-state index in [-0.39, 0.29) is 0 Å². The van der Waals surface area contributed by atoms with Crippen LogP contribution in [0.4, 0.5) is 0 Å². The van der Waals surface area contributed by atoms with Crippen molar-refractivity contribution < 1.29 is 5.11 Å². The second-order valence-electron chi connectivity index (χ2n) is 5.77. The van der Waals surface area contributed by atoms with Gasteiger partial charge >= 0.3 is 0 Å². The molecule has 98 valence electrons. The summed E-state index contributed by atoms with van der Waals surface area (Å²) in [5, 5.41) is 10.3. The number of hydrogen-bond donors (Lipinski definition) is 1. The van der Waals surface area contributed by atoms with Gasteiger partial charge in [0.1, 0.15) is 6.10 Å². The van der Waals surface area contributed by atoms with Crippen LogP contribution in [0.25, 0.3) is 0 Å². The predicted molar refractivity (Wildman–Crippen MR) is 76.5 cm³/mol. The van der Waals surface area contributed by atoms with Crippen LogP contribution in [0.15, 0.2) is 35.9 Å². The standard InChI is InChI=1S/C17H24O/c1-13(2)12-14-8-10-16(11-9-14)17(18)15-6-4-3-5-7-15/h6,8-11,13,17-18H,3-5,7,12H2,1-2H3. The third-order valence-corrected chi connectivity index (χ3v) is 3.62. The lowest BCUT2D eigenvalue weighted by molar-refractivity contribution is 0.208. The largest absolute Gasteiger partial charge is 0.384 e. The fourth-order valence-corrected chi connectivity index (χ4v) is 2.63. The molecule has 0 spiro atoms. The Kier molecular flexibility index (Phi) is 4.60. The molecule has 0 aromatic heterocycles. The Hall–Kier alpha value is -1.08. The Balaban J connectivity index is 2.06. The zero-order valence-corrected chi connectivity index (χ0v) is 11.5. The lowest BCUT2D eigenvalue weighted by Gasteiger charge is -2.19. The Morgan fingerprint density at radius 1 is 1.11 bits per heavy atom. The van der Waals surface area contributed by atoms with Crippen LogP contribution in [0.1, 0.15) is 56.8 Å². The van der Waals surface area contributed by atoms with Crippen LogP contribution in [0.2, 0.25) is 0 Å². The molecule has 0 bridgehead atoms. The molecule has 0 fully saturated rings. The third-order valence-electron chi connectivity index (χ3n) is 3.62. The van der Waals surface area contributed by atoms with Crippen molar-refractivity contribution in [2.45, 2.75) is 52.1 Å². The van der Waals surface area contributed by atoms with E-state index in [0.717, 1.165) is 24.8 Å². The molecular formula is C17H24O. The molecule has 1 aliphatic rings. The number of rotatable bonds is 4. The molecule has 2 rings (SSSR count). The van der Waals surface area contributed by atoms with E-state index in [1.54, 1.807) is 0 Å². The van der Waals surface area contributed by atoms with Crippen LogP contribution in [0.3, 0.4) is 0 Å². The second-order valence-corrected chi connectivity index (χ2v) is 5.77. The smallest absolute Gasteiger partial charge is 0.100 e. The summed E-state index contributed by atoms with van der Waals surface area (Å²) in [6, 6.07) is 8.47. The maximum Gasteiger partial charge on any atom is 0.100 e. The number of aliphatic hydroxyl groups is 1. The first kappa shape index (κ1) is 13.4. The predicted octanol–water partition coefficient (Wildman–Crippen LogP) is 4.42. The minimum atomic E-state index is -0.390. The van der Waals surface area contributed by atoms with Crippen LogP contribution < -0.4 is 0 Å². The highest BCUT2D eigenvalue weighted by molar-refractivity contribution is 5.30. The van der Waals surface area contributed by atoms with Crippen molar-refractivity contribution >= 4 is 0 Å². The van der Waals surface area contributed by atoms with Gasteiger partial charge in [-0.2, -0.15) is 0 Å². The van der Waals surface area contributed by atoms with Gasteiger partial charge in [0.25, 0.3) is 0 Å².